The van der Waals surface area contributed by atoms with E-state index in [0.29, 0.717) is 0 Å². The summed E-state index contributed by atoms with van der Waals surface area (Å²) in [6.45, 7) is 5.90. The molecule has 0 heterocycles. The second-order valence-corrected chi connectivity index (χ2v) is 3.84. The van der Waals surface area contributed by atoms with E-state index in [2.05, 4.69) is 0 Å². The van der Waals surface area contributed by atoms with Gasteiger partial charge in [-0.3, -0.25) is 0 Å². The van der Waals surface area contributed by atoms with Gasteiger partial charge in [-0.1, -0.05) is 25.0 Å². The van der Waals surface area contributed by atoms with Crippen LogP contribution in [0.4, 0.5) is 0 Å². The van der Waals surface area contributed by atoms with Crippen molar-refractivity contribution in [3.8, 4) is 0 Å². The fourth-order valence-electron chi connectivity index (χ4n) is 2.46. The van der Waals surface area contributed by atoms with E-state index >= 15 is 0 Å². The molecule has 0 saturated heterocycles. The maximum Gasteiger partial charge on any atom is -0.0197 e. The molecule has 0 N–H and O–H groups in total. The van der Waals surface area contributed by atoms with Gasteiger partial charge in [-0.05, 0) is 37.5 Å². The van der Waals surface area contributed by atoms with Gasteiger partial charge >= 0.3 is 0 Å². The van der Waals surface area contributed by atoms with Gasteiger partial charge in [0.2, 0.25) is 0 Å². The lowest BCUT2D eigenvalue weighted by Gasteiger charge is -2.35. The Balaban J connectivity index is 2.07. The summed E-state index contributed by atoms with van der Waals surface area (Å²) >= 11 is 0. The summed E-state index contributed by atoms with van der Waals surface area (Å²) in [5, 5.41) is 0. The zero-order chi connectivity index (χ0) is 6.97. The van der Waals surface area contributed by atoms with E-state index in [1.165, 1.54) is 44.1 Å². The minimum atomic E-state index is 0.812. The third-order valence-electron chi connectivity index (χ3n) is 3.15. The Kier molecular flexibility index (Phi) is 1.55. The van der Waals surface area contributed by atoms with Gasteiger partial charge in [-0.15, -0.1) is 0 Å². The van der Waals surface area contributed by atoms with E-state index < -0.39 is 0 Å². The molecule has 0 aliphatic heterocycles. The fraction of sp³-hybridized carbons (Fsp3) is 0.800. The molecular formula is C10H15. The zero-order valence-corrected chi connectivity index (χ0v) is 6.47. The summed E-state index contributed by atoms with van der Waals surface area (Å²) in [5.41, 5.74) is 1.30. The fourth-order valence-corrected chi connectivity index (χ4v) is 2.46. The lowest BCUT2D eigenvalue weighted by atomic mass is 9.70. The third kappa shape index (κ3) is 1.00. The van der Waals surface area contributed by atoms with E-state index in [1.54, 1.807) is 0 Å². The van der Waals surface area contributed by atoms with Crippen LogP contribution in [-0.4, -0.2) is 0 Å². The lowest BCUT2D eigenvalue weighted by Crippen LogP contribution is -2.22. The molecule has 0 aromatic carbocycles. The smallest absolute Gasteiger partial charge is 0.0197 e. The van der Waals surface area contributed by atoms with Crippen LogP contribution in [0.3, 0.4) is 0 Å². The van der Waals surface area contributed by atoms with Crippen LogP contribution in [0.1, 0.15) is 38.5 Å². The number of hydrogen-bond acceptors (Lipinski definition) is 0. The Bertz CT molecular complexity index is 146. The Hall–Kier alpha value is -0.260. The SMILES string of the molecule is [CH]=C1CCC2CCCC1C2. The van der Waals surface area contributed by atoms with Crippen molar-refractivity contribution in [2.75, 3.05) is 0 Å². The van der Waals surface area contributed by atoms with Crippen LogP contribution in [0.2, 0.25) is 0 Å². The maximum atomic E-state index is 5.90. The average Bonchev–Trinajstić information content (AvgIpc) is 1.99. The minimum absolute atomic E-state index is 0.812. The van der Waals surface area contributed by atoms with Gasteiger partial charge in [0, 0.05) is 0 Å². The molecule has 0 aromatic rings. The van der Waals surface area contributed by atoms with Crippen molar-refractivity contribution in [2.45, 2.75) is 38.5 Å². The van der Waals surface area contributed by atoms with Gasteiger partial charge in [0.15, 0.2) is 0 Å². The van der Waals surface area contributed by atoms with Gasteiger partial charge in [0.1, 0.15) is 0 Å². The number of hydrogen-bond donors (Lipinski definition) is 0. The molecular weight excluding hydrogens is 120 g/mol. The highest BCUT2D eigenvalue weighted by Gasteiger charge is 2.27. The van der Waals surface area contributed by atoms with Gasteiger partial charge in [-0.2, -0.15) is 0 Å². The van der Waals surface area contributed by atoms with Crippen molar-refractivity contribution >= 4 is 0 Å². The molecule has 2 fully saturated rings. The highest BCUT2D eigenvalue weighted by atomic mass is 14.3. The van der Waals surface area contributed by atoms with Gasteiger partial charge < -0.3 is 0 Å². The number of allylic oxidation sites excluding steroid dienone is 1. The summed E-state index contributed by atoms with van der Waals surface area (Å²) in [6.07, 6.45) is 8.28. The summed E-state index contributed by atoms with van der Waals surface area (Å²) in [5.74, 6) is 1.85. The summed E-state index contributed by atoms with van der Waals surface area (Å²) in [6, 6.07) is 0. The molecule has 2 atom stereocenters. The van der Waals surface area contributed by atoms with E-state index in [0.717, 1.165) is 11.8 Å². The van der Waals surface area contributed by atoms with Crippen LogP contribution in [0.25, 0.3) is 0 Å². The second kappa shape index (κ2) is 2.41. The van der Waals surface area contributed by atoms with Crippen molar-refractivity contribution in [1.82, 2.24) is 0 Å². The van der Waals surface area contributed by atoms with Crippen LogP contribution in [0.15, 0.2) is 5.57 Å². The van der Waals surface area contributed by atoms with Crippen LogP contribution in [-0.2, 0) is 0 Å². The van der Waals surface area contributed by atoms with E-state index in [-0.39, 0.29) is 0 Å². The van der Waals surface area contributed by atoms with Crippen LogP contribution in [0.5, 0.6) is 0 Å². The molecule has 1 radical (unpaired) electrons. The van der Waals surface area contributed by atoms with Crippen LogP contribution < -0.4 is 0 Å². The number of rotatable bonds is 0. The molecule has 0 heteroatoms. The molecule has 0 nitrogen and oxygen atoms in total. The van der Waals surface area contributed by atoms with Crippen molar-refractivity contribution in [1.29, 1.82) is 0 Å². The predicted molar refractivity (Wildman–Crippen MR) is 42.5 cm³/mol. The topological polar surface area (TPSA) is 0 Å². The summed E-state index contributed by atoms with van der Waals surface area (Å²) < 4.78 is 0. The first-order valence-corrected chi connectivity index (χ1v) is 4.47. The molecule has 2 rings (SSSR count). The first-order valence-electron chi connectivity index (χ1n) is 4.47. The summed E-state index contributed by atoms with van der Waals surface area (Å²) in [7, 11) is 0. The molecule has 55 valence electrons. The van der Waals surface area contributed by atoms with Crippen LogP contribution in [0, 0.1) is 18.4 Å². The second-order valence-electron chi connectivity index (χ2n) is 3.84. The maximum absolute atomic E-state index is 5.90. The van der Waals surface area contributed by atoms with Crippen molar-refractivity contribution < 1.29 is 0 Å². The quantitative estimate of drug-likeness (QED) is 0.479. The predicted octanol–water partition coefficient (Wildman–Crippen LogP) is 2.95. The standard InChI is InChI=1S/C10H15/c1-8-5-6-9-3-2-4-10(8)7-9/h1,9-10H,2-7H2. The van der Waals surface area contributed by atoms with Gasteiger partial charge in [-0.25, -0.2) is 0 Å². The van der Waals surface area contributed by atoms with Crippen LogP contribution >= 0.6 is 0 Å². The monoisotopic (exact) mass is 135 g/mol. The molecule has 2 aliphatic rings. The molecule has 10 heavy (non-hydrogen) atoms. The Morgan fingerprint density at radius 3 is 2.90 bits per heavy atom. The Morgan fingerprint density at radius 1 is 1.20 bits per heavy atom. The molecule has 2 aliphatic carbocycles. The number of fused-ring (bicyclic) bond motifs is 2. The molecule has 0 spiro atoms. The largest absolute Gasteiger partial charge is 0.0671 e. The van der Waals surface area contributed by atoms with E-state index in [9.17, 15) is 0 Å². The molecule has 0 amide bonds. The Labute approximate surface area is 63.3 Å². The van der Waals surface area contributed by atoms with Crippen molar-refractivity contribution in [3.05, 3.63) is 12.2 Å². The van der Waals surface area contributed by atoms with E-state index in [1.807, 2.05) is 0 Å². The average molecular weight is 135 g/mol. The lowest BCUT2D eigenvalue weighted by molar-refractivity contribution is 0.242. The van der Waals surface area contributed by atoms with E-state index in [4.69, 9.17) is 6.58 Å². The summed E-state index contributed by atoms with van der Waals surface area (Å²) in [4.78, 5) is 0. The molecule has 2 saturated carbocycles. The highest BCUT2D eigenvalue weighted by molar-refractivity contribution is 5.04. The Morgan fingerprint density at radius 2 is 2.10 bits per heavy atom. The third-order valence-corrected chi connectivity index (χ3v) is 3.15. The molecule has 2 unspecified atom stereocenters. The zero-order valence-electron chi connectivity index (χ0n) is 6.47. The van der Waals surface area contributed by atoms with Crippen molar-refractivity contribution in [3.63, 3.8) is 0 Å². The first kappa shape index (κ1) is 6.45. The highest BCUT2D eigenvalue weighted by Crippen LogP contribution is 2.41. The van der Waals surface area contributed by atoms with Crippen molar-refractivity contribution in [2.24, 2.45) is 11.8 Å². The normalized spacial score (nSPS) is 39.8. The molecule has 2 bridgehead atoms. The molecule has 0 aromatic heterocycles. The first-order chi connectivity index (χ1) is 4.86. The van der Waals surface area contributed by atoms with Gasteiger partial charge in [0.05, 0.1) is 0 Å². The minimum Gasteiger partial charge on any atom is -0.0671 e. The van der Waals surface area contributed by atoms with Gasteiger partial charge in [0.25, 0.3) is 0 Å².